The summed E-state index contributed by atoms with van der Waals surface area (Å²) in [5.74, 6) is 0. The molecule has 4 heteroatoms. The Kier molecular flexibility index (Phi) is 2.00. The molecule has 1 saturated carbocycles. The first-order chi connectivity index (χ1) is 6.69. The zero-order valence-corrected chi connectivity index (χ0v) is 7.77. The van der Waals surface area contributed by atoms with Gasteiger partial charge in [0.2, 0.25) is 0 Å². The standard InChI is InChI=1S/C10H12N2O2/c11-7-10(5-6-10)8-3-1-2-4-9(8)12(13)14/h1-4H,5-7,11H2. The molecule has 0 amide bonds. The molecule has 1 aliphatic rings. The van der Waals surface area contributed by atoms with Crippen molar-refractivity contribution in [2.24, 2.45) is 5.73 Å². The van der Waals surface area contributed by atoms with Gasteiger partial charge in [-0.05, 0) is 12.8 Å². The minimum absolute atomic E-state index is 0.107. The highest BCUT2D eigenvalue weighted by Gasteiger charge is 2.46. The molecule has 1 aromatic rings. The molecular formula is C10H12N2O2. The smallest absolute Gasteiger partial charge is 0.273 e. The number of nitro groups is 1. The van der Waals surface area contributed by atoms with Crippen LogP contribution in [0, 0.1) is 10.1 Å². The largest absolute Gasteiger partial charge is 0.330 e. The Bertz CT molecular complexity index is 372. The van der Waals surface area contributed by atoms with Crippen molar-refractivity contribution < 1.29 is 4.92 Å². The Morgan fingerprint density at radius 2 is 2.07 bits per heavy atom. The summed E-state index contributed by atoms with van der Waals surface area (Å²) < 4.78 is 0. The van der Waals surface area contributed by atoms with Gasteiger partial charge >= 0.3 is 0 Å². The number of hydrogen-bond donors (Lipinski definition) is 1. The minimum atomic E-state index is -0.328. The van der Waals surface area contributed by atoms with Crippen molar-refractivity contribution >= 4 is 5.69 Å². The van der Waals surface area contributed by atoms with Crippen LogP contribution in [0.5, 0.6) is 0 Å². The summed E-state index contributed by atoms with van der Waals surface area (Å²) in [6.45, 7) is 0.498. The Balaban J connectivity index is 2.47. The minimum Gasteiger partial charge on any atom is -0.330 e. The molecule has 0 aromatic heterocycles. The van der Waals surface area contributed by atoms with E-state index in [0.29, 0.717) is 6.54 Å². The monoisotopic (exact) mass is 192 g/mol. The molecule has 0 bridgehead atoms. The summed E-state index contributed by atoms with van der Waals surface area (Å²) in [7, 11) is 0. The molecule has 0 atom stereocenters. The lowest BCUT2D eigenvalue weighted by atomic mass is 9.94. The first kappa shape index (κ1) is 9.15. The maximum atomic E-state index is 10.8. The van der Waals surface area contributed by atoms with E-state index in [1.807, 2.05) is 12.1 Å². The van der Waals surface area contributed by atoms with Crippen molar-refractivity contribution in [1.82, 2.24) is 0 Å². The molecule has 0 aliphatic heterocycles. The first-order valence-electron chi connectivity index (χ1n) is 4.64. The van der Waals surface area contributed by atoms with E-state index < -0.39 is 0 Å². The number of nitrogens with two attached hydrogens (primary N) is 1. The van der Waals surface area contributed by atoms with E-state index in [4.69, 9.17) is 5.73 Å². The highest BCUT2D eigenvalue weighted by Crippen LogP contribution is 2.50. The molecule has 74 valence electrons. The lowest BCUT2D eigenvalue weighted by molar-refractivity contribution is -0.385. The maximum Gasteiger partial charge on any atom is 0.273 e. The lowest BCUT2D eigenvalue weighted by Gasteiger charge is -2.12. The molecule has 0 unspecified atom stereocenters. The number of hydrogen-bond acceptors (Lipinski definition) is 3. The van der Waals surface area contributed by atoms with E-state index in [-0.39, 0.29) is 16.0 Å². The fraction of sp³-hybridized carbons (Fsp3) is 0.400. The summed E-state index contributed by atoms with van der Waals surface area (Å²) in [5, 5.41) is 10.8. The Hall–Kier alpha value is -1.42. The third-order valence-electron chi connectivity index (χ3n) is 2.92. The normalized spacial score (nSPS) is 17.8. The average molecular weight is 192 g/mol. The second kappa shape index (κ2) is 3.06. The van der Waals surface area contributed by atoms with Crippen LogP contribution in [-0.4, -0.2) is 11.5 Å². The SMILES string of the molecule is NCC1(c2ccccc2[N+](=O)[O-])CC1. The van der Waals surface area contributed by atoms with Crippen LogP contribution < -0.4 is 5.73 Å². The summed E-state index contributed by atoms with van der Waals surface area (Å²) in [6.07, 6.45) is 1.93. The van der Waals surface area contributed by atoms with Gasteiger partial charge in [0.1, 0.15) is 0 Å². The molecule has 14 heavy (non-hydrogen) atoms. The van der Waals surface area contributed by atoms with Gasteiger partial charge in [-0.3, -0.25) is 10.1 Å². The fourth-order valence-electron chi connectivity index (χ4n) is 1.82. The molecule has 4 nitrogen and oxygen atoms in total. The second-order valence-electron chi connectivity index (χ2n) is 3.76. The zero-order valence-electron chi connectivity index (χ0n) is 7.77. The van der Waals surface area contributed by atoms with Crippen LogP contribution in [0.25, 0.3) is 0 Å². The first-order valence-corrected chi connectivity index (χ1v) is 4.64. The predicted molar refractivity (Wildman–Crippen MR) is 53.1 cm³/mol. The maximum absolute atomic E-state index is 10.8. The van der Waals surface area contributed by atoms with Gasteiger partial charge in [-0.1, -0.05) is 18.2 Å². The number of nitro benzene ring substituents is 1. The molecular weight excluding hydrogens is 180 g/mol. The zero-order chi connectivity index (χ0) is 10.2. The van der Waals surface area contributed by atoms with Crippen LogP contribution in [0.4, 0.5) is 5.69 Å². The van der Waals surface area contributed by atoms with Crippen LogP contribution in [0.15, 0.2) is 24.3 Å². The third-order valence-corrected chi connectivity index (χ3v) is 2.92. The molecule has 1 aliphatic carbocycles. The topological polar surface area (TPSA) is 69.2 Å². The van der Waals surface area contributed by atoms with Crippen LogP contribution in [0.2, 0.25) is 0 Å². The van der Waals surface area contributed by atoms with Gasteiger partial charge in [0.25, 0.3) is 5.69 Å². The second-order valence-corrected chi connectivity index (χ2v) is 3.76. The molecule has 1 aromatic carbocycles. The fourth-order valence-corrected chi connectivity index (χ4v) is 1.82. The Morgan fingerprint density at radius 3 is 2.57 bits per heavy atom. The average Bonchev–Trinajstić information content (AvgIpc) is 2.98. The highest BCUT2D eigenvalue weighted by molar-refractivity contribution is 5.48. The quantitative estimate of drug-likeness (QED) is 0.584. The van der Waals surface area contributed by atoms with Crippen LogP contribution in [0.1, 0.15) is 18.4 Å². The highest BCUT2D eigenvalue weighted by atomic mass is 16.6. The number of benzene rings is 1. The van der Waals surface area contributed by atoms with Gasteiger partial charge in [0, 0.05) is 23.6 Å². The van der Waals surface area contributed by atoms with E-state index in [9.17, 15) is 10.1 Å². The summed E-state index contributed by atoms with van der Waals surface area (Å²) in [5.41, 5.74) is 6.54. The Morgan fingerprint density at radius 1 is 1.43 bits per heavy atom. The van der Waals surface area contributed by atoms with E-state index in [1.54, 1.807) is 12.1 Å². The van der Waals surface area contributed by atoms with Crippen molar-refractivity contribution in [2.75, 3.05) is 6.54 Å². The van der Waals surface area contributed by atoms with E-state index in [1.165, 1.54) is 0 Å². The van der Waals surface area contributed by atoms with Crippen molar-refractivity contribution in [1.29, 1.82) is 0 Å². The Labute approximate surface area is 81.9 Å². The van der Waals surface area contributed by atoms with Crippen LogP contribution in [0.3, 0.4) is 0 Å². The van der Waals surface area contributed by atoms with Gasteiger partial charge in [-0.15, -0.1) is 0 Å². The third kappa shape index (κ3) is 1.28. The molecule has 2 rings (SSSR count). The molecule has 0 saturated heterocycles. The molecule has 0 radical (unpaired) electrons. The molecule has 2 N–H and O–H groups in total. The lowest BCUT2D eigenvalue weighted by Crippen LogP contribution is -2.20. The van der Waals surface area contributed by atoms with Crippen molar-refractivity contribution in [2.45, 2.75) is 18.3 Å². The molecule has 1 fully saturated rings. The van der Waals surface area contributed by atoms with Gasteiger partial charge in [-0.25, -0.2) is 0 Å². The van der Waals surface area contributed by atoms with Gasteiger partial charge in [-0.2, -0.15) is 0 Å². The van der Waals surface area contributed by atoms with Gasteiger partial charge in [0.05, 0.1) is 4.92 Å². The van der Waals surface area contributed by atoms with Crippen molar-refractivity contribution in [3.8, 4) is 0 Å². The molecule has 0 spiro atoms. The predicted octanol–water partition coefficient (Wildman–Crippen LogP) is 1.59. The van der Waals surface area contributed by atoms with Gasteiger partial charge < -0.3 is 5.73 Å². The van der Waals surface area contributed by atoms with Crippen LogP contribution >= 0.6 is 0 Å². The van der Waals surface area contributed by atoms with E-state index in [2.05, 4.69) is 0 Å². The van der Waals surface area contributed by atoms with Gasteiger partial charge in [0.15, 0.2) is 0 Å². The van der Waals surface area contributed by atoms with E-state index >= 15 is 0 Å². The summed E-state index contributed by atoms with van der Waals surface area (Å²) >= 11 is 0. The summed E-state index contributed by atoms with van der Waals surface area (Å²) in [6, 6.07) is 6.88. The van der Waals surface area contributed by atoms with Crippen LogP contribution in [-0.2, 0) is 5.41 Å². The number of rotatable bonds is 3. The van der Waals surface area contributed by atoms with E-state index in [0.717, 1.165) is 18.4 Å². The molecule has 0 heterocycles. The number of nitrogens with zero attached hydrogens (tertiary/aromatic N) is 1. The van der Waals surface area contributed by atoms with Crippen molar-refractivity contribution in [3.05, 3.63) is 39.9 Å². The number of para-hydroxylation sites is 1. The summed E-state index contributed by atoms with van der Waals surface area (Å²) in [4.78, 5) is 10.4. The van der Waals surface area contributed by atoms with Crippen molar-refractivity contribution in [3.63, 3.8) is 0 Å².